The van der Waals surface area contributed by atoms with Gasteiger partial charge < -0.3 is 9.84 Å². The highest BCUT2D eigenvalue weighted by Gasteiger charge is 2.41. The number of nitrogens with zero attached hydrogens (tertiary/aromatic N) is 1. The van der Waals surface area contributed by atoms with Crippen LogP contribution < -0.4 is 0 Å². The molecule has 2 saturated heterocycles. The predicted molar refractivity (Wildman–Crippen MR) is 69.6 cm³/mol. The highest BCUT2D eigenvalue weighted by atomic mass is 16.5. The largest absolute Gasteiger partial charge is 0.481 e. The quantitative estimate of drug-likeness (QED) is 0.821. The van der Waals surface area contributed by atoms with Gasteiger partial charge in [-0.25, -0.2) is 0 Å². The van der Waals surface area contributed by atoms with Crippen LogP contribution in [0.25, 0.3) is 0 Å². The van der Waals surface area contributed by atoms with Crippen LogP contribution >= 0.6 is 0 Å². The first-order valence-electron chi connectivity index (χ1n) is 6.94. The molecule has 2 fully saturated rings. The summed E-state index contributed by atoms with van der Waals surface area (Å²) in [7, 11) is 0. The summed E-state index contributed by atoms with van der Waals surface area (Å²) in [6, 6.07) is 0.479. The van der Waals surface area contributed by atoms with Gasteiger partial charge in [0.25, 0.3) is 0 Å². The molecule has 2 rings (SSSR count). The van der Waals surface area contributed by atoms with E-state index < -0.39 is 11.4 Å². The van der Waals surface area contributed by atoms with Gasteiger partial charge in [-0.1, -0.05) is 0 Å². The number of ether oxygens (including phenoxy) is 1. The molecular weight excluding hydrogens is 230 g/mol. The summed E-state index contributed by atoms with van der Waals surface area (Å²) in [6.07, 6.45) is 3.81. The van der Waals surface area contributed by atoms with Crippen molar-refractivity contribution in [3.8, 4) is 0 Å². The number of likely N-dealkylation sites (tertiary alicyclic amines) is 1. The number of hydrogen-bond acceptors (Lipinski definition) is 3. The highest BCUT2D eigenvalue weighted by Crippen LogP contribution is 2.35. The maximum atomic E-state index is 11.4. The Hall–Kier alpha value is -0.610. The Morgan fingerprint density at radius 3 is 2.72 bits per heavy atom. The predicted octanol–water partition coefficient (Wildman–Crippen LogP) is 2.13. The van der Waals surface area contributed by atoms with Crippen LogP contribution in [0.4, 0.5) is 0 Å². The first kappa shape index (κ1) is 13.8. The zero-order chi connectivity index (χ0) is 13.4. The first-order chi connectivity index (χ1) is 8.32. The second kappa shape index (κ2) is 4.82. The second-order valence-electron chi connectivity index (χ2n) is 6.69. The van der Waals surface area contributed by atoms with Crippen molar-refractivity contribution >= 4 is 5.97 Å². The smallest absolute Gasteiger partial charge is 0.310 e. The second-order valence-corrected chi connectivity index (χ2v) is 6.69. The van der Waals surface area contributed by atoms with Crippen LogP contribution in [0.5, 0.6) is 0 Å². The van der Waals surface area contributed by atoms with E-state index in [1.165, 1.54) is 0 Å². The number of hydrogen-bond donors (Lipinski definition) is 1. The molecule has 0 aromatic carbocycles. The average Bonchev–Trinajstić information content (AvgIpc) is 2.27. The third kappa shape index (κ3) is 2.86. The molecule has 18 heavy (non-hydrogen) atoms. The van der Waals surface area contributed by atoms with Crippen molar-refractivity contribution in [2.45, 2.75) is 58.1 Å². The molecule has 2 heterocycles. The number of aliphatic carboxylic acids is 1. The fourth-order valence-corrected chi connectivity index (χ4v) is 3.28. The molecule has 0 amide bonds. The van der Waals surface area contributed by atoms with Crippen LogP contribution in [-0.4, -0.2) is 47.3 Å². The monoisotopic (exact) mass is 255 g/mol. The molecule has 0 aromatic rings. The Balaban J connectivity index is 2.03. The van der Waals surface area contributed by atoms with E-state index in [-0.39, 0.29) is 5.60 Å². The Kier molecular flexibility index (Phi) is 3.70. The highest BCUT2D eigenvalue weighted by molar-refractivity contribution is 5.74. The molecule has 0 saturated carbocycles. The number of rotatable bonds is 2. The molecule has 0 bridgehead atoms. The molecule has 2 atom stereocenters. The molecule has 4 heteroatoms. The van der Waals surface area contributed by atoms with Crippen LogP contribution in [0.1, 0.15) is 46.5 Å². The van der Waals surface area contributed by atoms with E-state index in [4.69, 9.17) is 4.74 Å². The third-order valence-electron chi connectivity index (χ3n) is 4.43. The molecule has 2 aliphatic rings. The zero-order valence-electron chi connectivity index (χ0n) is 11.7. The summed E-state index contributed by atoms with van der Waals surface area (Å²) in [5, 5.41) is 9.36. The number of carboxylic acids is 1. The van der Waals surface area contributed by atoms with E-state index in [9.17, 15) is 9.90 Å². The van der Waals surface area contributed by atoms with Gasteiger partial charge in [-0.2, -0.15) is 0 Å². The number of carbonyl (C=O) groups is 1. The lowest BCUT2D eigenvalue weighted by Gasteiger charge is -2.46. The zero-order valence-corrected chi connectivity index (χ0v) is 11.7. The van der Waals surface area contributed by atoms with Gasteiger partial charge in [0, 0.05) is 19.2 Å². The van der Waals surface area contributed by atoms with Crippen LogP contribution in [0.3, 0.4) is 0 Å². The molecule has 104 valence electrons. The first-order valence-corrected chi connectivity index (χ1v) is 6.94. The van der Waals surface area contributed by atoms with Crippen molar-refractivity contribution in [2.75, 3.05) is 19.7 Å². The van der Waals surface area contributed by atoms with Crippen molar-refractivity contribution in [1.82, 2.24) is 4.90 Å². The molecule has 4 nitrogen and oxygen atoms in total. The van der Waals surface area contributed by atoms with E-state index in [0.29, 0.717) is 12.6 Å². The summed E-state index contributed by atoms with van der Waals surface area (Å²) in [6.45, 7) is 8.63. The minimum absolute atomic E-state index is 0.0695. The number of piperidine rings is 1. The molecule has 2 aliphatic heterocycles. The van der Waals surface area contributed by atoms with Crippen molar-refractivity contribution in [1.29, 1.82) is 0 Å². The van der Waals surface area contributed by atoms with Crippen molar-refractivity contribution in [3.05, 3.63) is 0 Å². The summed E-state index contributed by atoms with van der Waals surface area (Å²) in [5.74, 6) is -0.654. The van der Waals surface area contributed by atoms with Gasteiger partial charge in [0.1, 0.15) is 0 Å². The van der Waals surface area contributed by atoms with Crippen LogP contribution in [0.2, 0.25) is 0 Å². The van der Waals surface area contributed by atoms with Gasteiger partial charge in [0.05, 0.1) is 11.0 Å². The van der Waals surface area contributed by atoms with Gasteiger partial charge >= 0.3 is 5.97 Å². The topological polar surface area (TPSA) is 49.8 Å². The van der Waals surface area contributed by atoms with Crippen molar-refractivity contribution in [2.24, 2.45) is 5.41 Å². The normalized spacial score (nSPS) is 37.4. The summed E-state index contributed by atoms with van der Waals surface area (Å²) in [4.78, 5) is 13.8. The van der Waals surface area contributed by atoms with E-state index in [1.54, 1.807) is 0 Å². The molecule has 2 unspecified atom stereocenters. The third-order valence-corrected chi connectivity index (χ3v) is 4.43. The van der Waals surface area contributed by atoms with Gasteiger partial charge in [0.2, 0.25) is 0 Å². The van der Waals surface area contributed by atoms with Crippen LogP contribution in [0.15, 0.2) is 0 Å². The summed E-state index contributed by atoms with van der Waals surface area (Å²) in [5.41, 5.74) is -0.638. The van der Waals surface area contributed by atoms with E-state index >= 15 is 0 Å². The SMILES string of the molecule is CC1(C)CC(N2CCCC(C)(C(=O)O)C2)CCO1. The molecule has 0 aromatic heterocycles. The van der Waals surface area contributed by atoms with E-state index in [2.05, 4.69) is 18.7 Å². The van der Waals surface area contributed by atoms with Gasteiger partial charge in [-0.15, -0.1) is 0 Å². The van der Waals surface area contributed by atoms with Gasteiger partial charge in [0.15, 0.2) is 0 Å². The van der Waals surface area contributed by atoms with E-state index in [1.807, 2.05) is 6.92 Å². The lowest BCUT2D eigenvalue weighted by molar-refractivity contribution is -0.153. The number of carboxylic acid groups (broad SMARTS) is 1. The fourth-order valence-electron chi connectivity index (χ4n) is 3.28. The minimum atomic E-state index is -0.654. The van der Waals surface area contributed by atoms with E-state index in [0.717, 1.165) is 38.8 Å². The Labute approximate surface area is 109 Å². The molecule has 1 N–H and O–H groups in total. The van der Waals surface area contributed by atoms with Crippen molar-refractivity contribution in [3.63, 3.8) is 0 Å². The van der Waals surface area contributed by atoms with Gasteiger partial charge in [-0.05, 0) is 53.0 Å². The molecule has 0 radical (unpaired) electrons. The van der Waals surface area contributed by atoms with Crippen molar-refractivity contribution < 1.29 is 14.6 Å². The Morgan fingerprint density at radius 1 is 1.39 bits per heavy atom. The van der Waals surface area contributed by atoms with Gasteiger partial charge in [-0.3, -0.25) is 9.69 Å². The average molecular weight is 255 g/mol. The maximum absolute atomic E-state index is 11.4. The summed E-state index contributed by atoms with van der Waals surface area (Å²) >= 11 is 0. The van der Waals surface area contributed by atoms with Crippen LogP contribution in [-0.2, 0) is 9.53 Å². The maximum Gasteiger partial charge on any atom is 0.310 e. The minimum Gasteiger partial charge on any atom is -0.481 e. The lowest BCUT2D eigenvalue weighted by atomic mass is 9.80. The molecule has 0 spiro atoms. The Morgan fingerprint density at radius 2 is 2.11 bits per heavy atom. The lowest BCUT2D eigenvalue weighted by Crippen LogP contribution is -2.53. The molecule has 0 aliphatic carbocycles. The molecular formula is C14H25NO3. The van der Waals surface area contributed by atoms with Crippen LogP contribution in [0, 0.1) is 5.41 Å². The fraction of sp³-hybridized carbons (Fsp3) is 0.929. The Bertz CT molecular complexity index is 329. The summed E-state index contributed by atoms with van der Waals surface area (Å²) < 4.78 is 5.74. The standard InChI is InChI=1S/C14H25NO3/c1-13(2)9-11(5-8-18-13)15-7-4-6-14(3,10-15)12(16)17/h11H,4-10H2,1-3H3,(H,16,17).